The Labute approximate surface area is 178 Å². The first-order valence-corrected chi connectivity index (χ1v) is 10.7. The topological polar surface area (TPSA) is 43.6 Å². The molecule has 0 radical (unpaired) electrons. The molecule has 7 heteroatoms. The molecule has 0 saturated heterocycles. The van der Waals surface area contributed by atoms with Crippen molar-refractivity contribution in [1.29, 1.82) is 0 Å². The van der Waals surface area contributed by atoms with Crippen LogP contribution in [0.2, 0.25) is 10.0 Å². The Morgan fingerprint density at radius 1 is 1.21 bits per heavy atom. The second kappa shape index (κ2) is 9.12. The number of amides is 1. The predicted octanol–water partition coefficient (Wildman–Crippen LogP) is 6.05. The number of benzene rings is 2. The number of carbonyl (C=O) groups excluding carboxylic acids is 1. The first kappa shape index (κ1) is 20.9. The van der Waals surface area contributed by atoms with E-state index in [1.807, 2.05) is 0 Å². The highest BCUT2D eigenvalue weighted by molar-refractivity contribution is 7.16. The minimum Gasteiger partial charge on any atom is -0.482 e. The maximum atomic E-state index is 12.4. The summed E-state index contributed by atoms with van der Waals surface area (Å²) in [6.07, 6.45) is 0.954. The monoisotopic (exact) mass is 436 g/mol. The number of ether oxygens (including phenoxy) is 1. The van der Waals surface area contributed by atoms with Crippen LogP contribution in [0.5, 0.6) is 5.75 Å². The maximum Gasteiger partial charge on any atom is 0.286 e. The first-order valence-electron chi connectivity index (χ1n) is 9.17. The Bertz CT molecular complexity index is 1070. The van der Waals surface area contributed by atoms with E-state index in [1.165, 1.54) is 16.9 Å². The number of rotatable bonds is 6. The molecule has 1 amide bonds. The van der Waals surface area contributed by atoms with Crippen molar-refractivity contribution in [2.75, 3.05) is 6.61 Å². The number of fused-ring (bicyclic) bond motifs is 1. The Kier molecular flexibility index (Phi) is 6.81. The standard InChI is InChI=1S/C21H22Cl2N2O2S/c1-4-9-25-17-7-5-14(13(2)3)10-19(17)28-21(25)24-20(26)12-27-18-8-6-15(22)11-16(18)23/h5-8,10-11,13H,4,9,12H2,1-3H3. The van der Waals surface area contributed by atoms with Crippen molar-refractivity contribution in [2.24, 2.45) is 4.99 Å². The van der Waals surface area contributed by atoms with E-state index in [2.05, 4.69) is 48.5 Å². The van der Waals surface area contributed by atoms with Crippen LogP contribution in [0.15, 0.2) is 41.4 Å². The third-order valence-corrected chi connectivity index (χ3v) is 5.86. The number of hydrogen-bond acceptors (Lipinski definition) is 3. The van der Waals surface area contributed by atoms with Crippen molar-refractivity contribution in [3.63, 3.8) is 0 Å². The smallest absolute Gasteiger partial charge is 0.286 e. The van der Waals surface area contributed by atoms with Gasteiger partial charge in [0.05, 0.1) is 15.2 Å². The number of halogens is 2. The van der Waals surface area contributed by atoms with E-state index in [9.17, 15) is 4.79 Å². The van der Waals surface area contributed by atoms with E-state index < -0.39 is 0 Å². The summed E-state index contributed by atoms with van der Waals surface area (Å²) in [5, 5.41) is 0.879. The van der Waals surface area contributed by atoms with Gasteiger partial charge >= 0.3 is 0 Å². The third-order valence-electron chi connectivity index (χ3n) is 4.29. The zero-order valence-corrected chi connectivity index (χ0v) is 18.4. The lowest BCUT2D eigenvalue weighted by molar-refractivity contribution is -0.120. The minimum absolute atomic E-state index is 0.182. The van der Waals surface area contributed by atoms with Crippen molar-refractivity contribution in [3.05, 3.63) is 56.8 Å². The van der Waals surface area contributed by atoms with Crippen molar-refractivity contribution in [3.8, 4) is 5.75 Å². The van der Waals surface area contributed by atoms with E-state index in [0.717, 1.165) is 23.2 Å². The van der Waals surface area contributed by atoms with Crippen LogP contribution in [-0.4, -0.2) is 17.1 Å². The molecule has 28 heavy (non-hydrogen) atoms. The number of nitrogens with zero attached hydrogens (tertiary/aromatic N) is 2. The molecular weight excluding hydrogens is 415 g/mol. The molecule has 0 bridgehead atoms. The van der Waals surface area contributed by atoms with E-state index >= 15 is 0 Å². The molecule has 0 aliphatic rings. The van der Waals surface area contributed by atoms with Gasteiger partial charge in [-0.1, -0.05) is 61.4 Å². The van der Waals surface area contributed by atoms with Crippen molar-refractivity contribution < 1.29 is 9.53 Å². The molecule has 4 nitrogen and oxygen atoms in total. The Morgan fingerprint density at radius 2 is 2.00 bits per heavy atom. The van der Waals surface area contributed by atoms with Crippen molar-refractivity contribution >= 4 is 50.7 Å². The van der Waals surface area contributed by atoms with Gasteiger partial charge in [0.2, 0.25) is 0 Å². The highest BCUT2D eigenvalue weighted by atomic mass is 35.5. The Morgan fingerprint density at radius 3 is 2.68 bits per heavy atom. The molecule has 0 N–H and O–H groups in total. The van der Waals surface area contributed by atoms with Crippen LogP contribution in [0.25, 0.3) is 10.2 Å². The summed E-state index contributed by atoms with van der Waals surface area (Å²) in [7, 11) is 0. The van der Waals surface area contributed by atoms with Crippen molar-refractivity contribution in [1.82, 2.24) is 4.57 Å². The molecule has 0 aliphatic heterocycles. The van der Waals surface area contributed by atoms with Gasteiger partial charge in [0.15, 0.2) is 11.4 Å². The third kappa shape index (κ3) is 4.77. The lowest BCUT2D eigenvalue weighted by atomic mass is 10.0. The summed E-state index contributed by atoms with van der Waals surface area (Å²) in [5.74, 6) is 0.506. The Balaban J connectivity index is 1.88. The average molecular weight is 437 g/mol. The number of carbonyl (C=O) groups is 1. The molecule has 0 atom stereocenters. The quantitative estimate of drug-likeness (QED) is 0.471. The van der Waals surface area contributed by atoms with Gasteiger partial charge in [0.1, 0.15) is 5.75 Å². The van der Waals surface area contributed by atoms with E-state index in [1.54, 1.807) is 18.2 Å². The van der Waals surface area contributed by atoms with E-state index in [-0.39, 0.29) is 12.5 Å². The number of hydrogen-bond donors (Lipinski definition) is 0. The molecule has 0 fully saturated rings. The zero-order valence-electron chi connectivity index (χ0n) is 16.0. The molecule has 1 aromatic heterocycles. The van der Waals surface area contributed by atoms with Gasteiger partial charge < -0.3 is 9.30 Å². The van der Waals surface area contributed by atoms with Gasteiger partial charge in [0, 0.05) is 11.6 Å². The van der Waals surface area contributed by atoms with Crippen LogP contribution in [-0.2, 0) is 11.3 Å². The van der Waals surface area contributed by atoms with Crippen LogP contribution < -0.4 is 9.54 Å². The molecule has 0 saturated carbocycles. The summed E-state index contributed by atoms with van der Waals surface area (Å²) in [6, 6.07) is 11.3. The molecule has 3 aromatic rings. The fraction of sp³-hybridized carbons (Fsp3) is 0.333. The molecule has 1 heterocycles. The SMILES string of the molecule is CCCn1c(=NC(=O)COc2ccc(Cl)cc2Cl)sc2cc(C(C)C)ccc21. The summed E-state index contributed by atoms with van der Waals surface area (Å²) in [4.78, 5) is 17.4. The largest absolute Gasteiger partial charge is 0.482 e. The normalized spacial score (nSPS) is 12.1. The molecule has 3 rings (SSSR count). The lowest BCUT2D eigenvalue weighted by Crippen LogP contribution is -2.19. The molecule has 2 aromatic carbocycles. The van der Waals surface area contributed by atoms with Gasteiger partial charge in [-0.25, -0.2) is 0 Å². The second-order valence-corrected chi connectivity index (χ2v) is 8.64. The number of aryl methyl sites for hydroxylation is 1. The zero-order chi connectivity index (χ0) is 20.3. The highest BCUT2D eigenvalue weighted by Gasteiger charge is 2.11. The maximum absolute atomic E-state index is 12.4. The second-order valence-electron chi connectivity index (χ2n) is 6.79. The van der Waals surface area contributed by atoms with E-state index in [4.69, 9.17) is 27.9 Å². The van der Waals surface area contributed by atoms with Gasteiger partial charge in [0.25, 0.3) is 5.91 Å². The minimum atomic E-state index is -0.355. The summed E-state index contributed by atoms with van der Waals surface area (Å²) in [5.41, 5.74) is 2.38. The van der Waals surface area contributed by atoms with Crippen LogP contribution in [0, 0.1) is 0 Å². The molecule has 0 spiro atoms. The van der Waals surface area contributed by atoms with Crippen LogP contribution >= 0.6 is 34.5 Å². The molecule has 0 unspecified atom stereocenters. The molecular formula is C21H22Cl2N2O2S. The fourth-order valence-corrected chi connectivity index (χ4v) is 4.43. The van der Waals surface area contributed by atoms with E-state index in [0.29, 0.717) is 26.5 Å². The number of thiazole rings is 1. The summed E-state index contributed by atoms with van der Waals surface area (Å²) < 4.78 is 8.74. The van der Waals surface area contributed by atoms with Crippen LogP contribution in [0.3, 0.4) is 0 Å². The average Bonchev–Trinajstić information content (AvgIpc) is 2.97. The lowest BCUT2D eigenvalue weighted by Gasteiger charge is -2.07. The van der Waals surface area contributed by atoms with Gasteiger partial charge in [-0.15, -0.1) is 0 Å². The highest BCUT2D eigenvalue weighted by Crippen LogP contribution is 2.27. The molecule has 148 valence electrons. The van der Waals surface area contributed by atoms with Crippen LogP contribution in [0.4, 0.5) is 0 Å². The summed E-state index contributed by atoms with van der Waals surface area (Å²) >= 11 is 13.5. The predicted molar refractivity (Wildman–Crippen MR) is 117 cm³/mol. The fourth-order valence-electron chi connectivity index (χ4n) is 2.84. The van der Waals surface area contributed by atoms with Crippen LogP contribution in [0.1, 0.15) is 38.7 Å². The molecule has 0 aliphatic carbocycles. The van der Waals surface area contributed by atoms with Gasteiger partial charge in [-0.3, -0.25) is 4.79 Å². The van der Waals surface area contributed by atoms with Gasteiger partial charge in [-0.2, -0.15) is 4.99 Å². The van der Waals surface area contributed by atoms with Gasteiger partial charge in [-0.05, 0) is 48.2 Å². The van der Waals surface area contributed by atoms with Crippen molar-refractivity contribution in [2.45, 2.75) is 39.7 Å². The number of aromatic nitrogens is 1. The Hall–Kier alpha value is -1.82. The first-order chi connectivity index (χ1) is 13.4. The summed E-state index contributed by atoms with van der Waals surface area (Å²) in [6.45, 7) is 7.07.